The number of methoxy groups -OCH3 is 2. The van der Waals surface area contributed by atoms with Crippen LogP contribution in [-0.2, 0) is 10.0 Å². The SMILES string of the molecule is COc1ccc(C=NNc2ccc([N+](=O)[O-])cc2S(=O)(=O)Nc2ccc(Cl)cc2)cc1OC. The number of ether oxygens (including phenoxy) is 2. The van der Waals surface area contributed by atoms with Gasteiger partial charge in [-0.25, -0.2) is 8.42 Å². The van der Waals surface area contributed by atoms with Crippen LogP contribution in [0.3, 0.4) is 0 Å². The van der Waals surface area contributed by atoms with Crippen LogP contribution in [0.25, 0.3) is 0 Å². The first-order valence-corrected chi connectivity index (χ1v) is 11.2. The third-order valence-electron chi connectivity index (χ3n) is 4.37. The Morgan fingerprint density at radius 2 is 1.70 bits per heavy atom. The zero-order valence-corrected chi connectivity index (χ0v) is 19.1. The van der Waals surface area contributed by atoms with Crippen molar-refractivity contribution in [1.29, 1.82) is 0 Å². The minimum absolute atomic E-state index is 0.0405. The molecule has 2 N–H and O–H groups in total. The van der Waals surface area contributed by atoms with Gasteiger partial charge in [0.05, 0.1) is 31.0 Å². The van der Waals surface area contributed by atoms with Gasteiger partial charge in [0.15, 0.2) is 11.5 Å². The lowest BCUT2D eigenvalue weighted by Gasteiger charge is -2.12. The molecule has 3 aromatic carbocycles. The summed E-state index contributed by atoms with van der Waals surface area (Å²) in [7, 11) is -1.18. The molecule has 0 saturated heterocycles. The largest absolute Gasteiger partial charge is 0.493 e. The number of nitrogens with zero attached hydrogens (tertiary/aromatic N) is 2. The first kappa shape index (κ1) is 23.8. The van der Waals surface area contributed by atoms with E-state index in [1.807, 2.05) is 0 Å². The molecule has 0 bridgehead atoms. The van der Waals surface area contributed by atoms with Crippen molar-refractivity contribution in [3.05, 3.63) is 81.4 Å². The lowest BCUT2D eigenvalue weighted by Crippen LogP contribution is -2.15. The van der Waals surface area contributed by atoms with Gasteiger partial charge < -0.3 is 9.47 Å². The highest BCUT2D eigenvalue weighted by Crippen LogP contribution is 2.29. The van der Waals surface area contributed by atoms with Crippen LogP contribution in [0.2, 0.25) is 5.02 Å². The Kier molecular flexibility index (Phi) is 7.36. The summed E-state index contributed by atoms with van der Waals surface area (Å²) in [5, 5.41) is 15.7. The monoisotopic (exact) mass is 490 g/mol. The molecule has 0 aliphatic rings. The number of anilines is 2. The number of nitrogens with one attached hydrogen (secondary N) is 2. The molecule has 0 atom stereocenters. The highest BCUT2D eigenvalue weighted by atomic mass is 35.5. The maximum absolute atomic E-state index is 13.0. The first-order chi connectivity index (χ1) is 15.7. The third-order valence-corrected chi connectivity index (χ3v) is 6.04. The molecular weight excluding hydrogens is 472 g/mol. The van der Waals surface area contributed by atoms with Gasteiger partial charge in [-0.2, -0.15) is 5.10 Å². The van der Waals surface area contributed by atoms with Crippen LogP contribution in [0.1, 0.15) is 5.56 Å². The predicted octanol–water partition coefficient (Wildman–Crippen LogP) is 4.51. The highest BCUT2D eigenvalue weighted by molar-refractivity contribution is 7.92. The minimum atomic E-state index is -4.20. The Bertz CT molecular complexity index is 1300. The molecule has 0 aliphatic carbocycles. The summed E-state index contributed by atoms with van der Waals surface area (Å²) in [4.78, 5) is 10.2. The van der Waals surface area contributed by atoms with Crippen LogP contribution >= 0.6 is 11.6 Å². The summed E-state index contributed by atoms with van der Waals surface area (Å²) >= 11 is 5.83. The standard InChI is InChI=1S/C21H19ClN4O6S/c1-31-19-10-3-14(11-20(19)32-2)13-23-24-18-9-8-17(26(27)28)12-21(18)33(29,30)25-16-6-4-15(22)5-7-16/h3-13,24-25H,1-2H3. The summed E-state index contributed by atoms with van der Waals surface area (Å²) in [6.45, 7) is 0. The normalized spacial score (nSPS) is 11.2. The van der Waals surface area contributed by atoms with E-state index in [1.165, 1.54) is 56.8 Å². The van der Waals surface area contributed by atoms with Crippen molar-refractivity contribution < 1.29 is 22.8 Å². The highest BCUT2D eigenvalue weighted by Gasteiger charge is 2.22. The van der Waals surface area contributed by atoms with E-state index >= 15 is 0 Å². The number of nitro benzene ring substituents is 1. The second kappa shape index (κ2) is 10.2. The van der Waals surface area contributed by atoms with Crippen LogP contribution in [-0.4, -0.2) is 33.8 Å². The molecule has 0 fully saturated rings. The van der Waals surface area contributed by atoms with Gasteiger partial charge in [-0.05, 0) is 54.1 Å². The van der Waals surface area contributed by atoms with E-state index in [2.05, 4.69) is 15.2 Å². The van der Waals surface area contributed by atoms with Gasteiger partial charge in [-0.1, -0.05) is 11.6 Å². The van der Waals surface area contributed by atoms with E-state index in [0.717, 1.165) is 6.07 Å². The van der Waals surface area contributed by atoms with Gasteiger partial charge in [-0.15, -0.1) is 0 Å². The van der Waals surface area contributed by atoms with Crippen LogP contribution < -0.4 is 19.6 Å². The van der Waals surface area contributed by atoms with Crippen molar-refractivity contribution in [2.45, 2.75) is 4.90 Å². The van der Waals surface area contributed by atoms with Gasteiger partial charge >= 0.3 is 0 Å². The lowest BCUT2D eigenvalue weighted by molar-refractivity contribution is -0.385. The number of non-ortho nitro benzene ring substituents is 1. The van der Waals surface area contributed by atoms with Crippen LogP contribution in [0.5, 0.6) is 11.5 Å². The van der Waals surface area contributed by atoms with E-state index in [9.17, 15) is 18.5 Å². The summed E-state index contributed by atoms with van der Waals surface area (Å²) in [5.41, 5.74) is 3.17. The molecule has 0 saturated carbocycles. The number of hydrogen-bond donors (Lipinski definition) is 2. The Hall–Kier alpha value is -3.83. The fourth-order valence-corrected chi connectivity index (χ4v) is 4.14. The fraction of sp³-hybridized carbons (Fsp3) is 0.0952. The smallest absolute Gasteiger partial charge is 0.270 e. The van der Waals surface area contributed by atoms with E-state index in [-0.39, 0.29) is 22.0 Å². The second-order valence-corrected chi connectivity index (χ2v) is 8.62. The third kappa shape index (κ3) is 5.90. The molecule has 10 nitrogen and oxygen atoms in total. The number of hydrogen-bond acceptors (Lipinski definition) is 8. The molecule has 0 aromatic heterocycles. The lowest BCUT2D eigenvalue weighted by atomic mass is 10.2. The predicted molar refractivity (Wildman–Crippen MR) is 126 cm³/mol. The maximum atomic E-state index is 13.0. The molecule has 172 valence electrons. The van der Waals surface area contributed by atoms with Crippen LogP contribution in [0.4, 0.5) is 17.1 Å². The van der Waals surface area contributed by atoms with Gasteiger partial charge in [-0.3, -0.25) is 20.3 Å². The van der Waals surface area contributed by atoms with Gasteiger partial charge in [0.1, 0.15) is 4.90 Å². The Labute approximate surface area is 195 Å². The van der Waals surface area contributed by atoms with Crippen molar-refractivity contribution in [3.8, 4) is 11.5 Å². The first-order valence-electron chi connectivity index (χ1n) is 9.31. The topological polar surface area (TPSA) is 132 Å². The van der Waals surface area contributed by atoms with Crippen LogP contribution in [0, 0.1) is 10.1 Å². The van der Waals surface area contributed by atoms with Gasteiger partial charge in [0, 0.05) is 22.8 Å². The molecule has 0 amide bonds. The van der Waals surface area contributed by atoms with Crippen LogP contribution in [0.15, 0.2) is 70.7 Å². The van der Waals surface area contributed by atoms with Crippen molar-refractivity contribution in [1.82, 2.24) is 0 Å². The summed E-state index contributed by atoms with van der Waals surface area (Å²) in [5.74, 6) is 1.03. The zero-order chi connectivity index (χ0) is 24.0. The minimum Gasteiger partial charge on any atom is -0.493 e. The fourth-order valence-electron chi connectivity index (χ4n) is 2.78. The van der Waals surface area contributed by atoms with Gasteiger partial charge in [0.25, 0.3) is 15.7 Å². The maximum Gasteiger partial charge on any atom is 0.270 e. The number of sulfonamides is 1. The molecule has 0 spiro atoms. The molecule has 0 aliphatic heterocycles. The zero-order valence-electron chi connectivity index (χ0n) is 17.5. The molecule has 33 heavy (non-hydrogen) atoms. The summed E-state index contributed by atoms with van der Waals surface area (Å²) in [6.07, 6.45) is 1.44. The number of benzene rings is 3. The molecule has 3 aromatic rings. The van der Waals surface area contributed by atoms with Crippen molar-refractivity contribution in [3.63, 3.8) is 0 Å². The molecule has 12 heteroatoms. The Balaban J connectivity index is 1.91. The number of nitro groups is 1. The average molecular weight is 491 g/mol. The molecule has 0 radical (unpaired) electrons. The van der Waals surface area contributed by atoms with E-state index in [1.54, 1.807) is 18.2 Å². The Morgan fingerprint density at radius 3 is 2.33 bits per heavy atom. The molecule has 3 rings (SSSR count). The molecular formula is C21H19ClN4O6S. The van der Waals surface area contributed by atoms with Crippen molar-refractivity contribution in [2.75, 3.05) is 24.4 Å². The van der Waals surface area contributed by atoms with E-state index in [0.29, 0.717) is 22.1 Å². The molecule has 0 heterocycles. The number of halogens is 1. The average Bonchev–Trinajstić information content (AvgIpc) is 2.80. The van der Waals surface area contributed by atoms with Crippen molar-refractivity contribution >= 4 is 44.9 Å². The molecule has 0 unspecified atom stereocenters. The number of rotatable bonds is 9. The van der Waals surface area contributed by atoms with E-state index in [4.69, 9.17) is 21.1 Å². The quantitative estimate of drug-likeness (QED) is 0.256. The van der Waals surface area contributed by atoms with Crippen molar-refractivity contribution in [2.24, 2.45) is 5.10 Å². The van der Waals surface area contributed by atoms with Gasteiger partial charge in [0.2, 0.25) is 0 Å². The number of hydrazone groups is 1. The second-order valence-electron chi connectivity index (χ2n) is 6.53. The Morgan fingerprint density at radius 1 is 1.00 bits per heavy atom. The van der Waals surface area contributed by atoms with E-state index < -0.39 is 14.9 Å². The summed E-state index contributed by atoms with van der Waals surface area (Å²) in [6, 6.07) is 14.5. The summed E-state index contributed by atoms with van der Waals surface area (Å²) < 4.78 is 38.8.